The number of aromatic carboxylic acids is 1. The Morgan fingerprint density at radius 2 is 1.74 bits per heavy atom. The first-order valence-electron chi connectivity index (χ1n) is 11.2. The van der Waals surface area contributed by atoms with Crippen molar-refractivity contribution in [2.45, 2.75) is 12.0 Å². The van der Waals surface area contributed by atoms with Gasteiger partial charge in [-0.15, -0.1) is 0 Å². The first kappa shape index (κ1) is 22.6. The van der Waals surface area contributed by atoms with Gasteiger partial charge in [-0.05, 0) is 22.3 Å². The van der Waals surface area contributed by atoms with Crippen molar-refractivity contribution in [2.24, 2.45) is 13.0 Å². The second-order valence-corrected chi connectivity index (χ2v) is 8.55. The number of amides is 2. The van der Waals surface area contributed by atoms with E-state index in [1.807, 2.05) is 36.4 Å². The van der Waals surface area contributed by atoms with Crippen LogP contribution in [0.3, 0.4) is 0 Å². The van der Waals surface area contributed by atoms with E-state index in [0.29, 0.717) is 0 Å². The van der Waals surface area contributed by atoms with Crippen molar-refractivity contribution in [3.63, 3.8) is 0 Å². The Balaban J connectivity index is 1.21. The van der Waals surface area contributed by atoms with Crippen LogP contribution in [0.15, 0.2) is 54.6 Å². The van der Waals surface area contributed by atoms with Gasteiger partial charge in [-0.2, -0.15) is 5.10 Å². The zero-order valence-electron chi connectivity index (χ0n) is 18.9. The van der Waals surface area contributed by atoms with E-state index in [2.05, 4.69) is 27.9 Å². The van der Waals surface area contributed by atoms with E-state index in [1.54, 1.807) is 0 Å². The second-order valence-electron chi connectivity index (χ2n) is 8.55. The number of carboxylic acids is 1. The molecule has 2 unspecified atom stereocenters. The van der Waals surface area contributed by atoms with Crippen molar-refractivity contribution in [2.75, 3.05) is 25.1 Å². The minimum absolute atomic E-state index is 0.0691. The van der Waals surface area contributed by atoms with Gasteiger partial charge in [0, 0.05) is 19.0 Å². The molecule has 0 radical (unpaired) electrons. The summed E-state index contributed by atoms with van der Waals surface area (Å²) < 4.78 is 12.3. The Bertz CT molecular complexity index is 1260. The Labute approximate surface area is 200 Å². The molecule has 1 saturated heterocycles. The summed E-state index contributed by atoms with van der Waals surface area (Å²) in [5, 5.41) is 18.3. The van der Waals surface area contributed by atoms with Crippen LogP contribution in [-0.4, -0.2) is 58.7 Å². The van der Waals surface area contributed by atoms with Gasteiger partial charge in [0.05, 0.1) is 25.2 Å². The molecule has 0 spiro atoms. The number of carbonyl (C=O) groups excluding carboxylic acids is 2. The number of alkyl carbamates (subject to hydrolysis) is 1. The van der Waals surface area contributed by atoms with E-state index in [9.17, 15) is 14.4 Å². The topological polar surface area (TPSA) is 132 Å². The zero-order chi connectivity index (χ0) is 24.5. The molecule has 1 aliphatic carbocycles. The zero-order valence-corrected chi connectivity index (χ0v) is 18.9. The van der Waals surface area contributed by atoms with E-state index < -0.39 is 29.9 Å². The highest BCUT2D eigenvalue weighted by Crippen LogP contribution is 2.44. The molecule has 1 aromatic heterocycles. The predicted molar refractivity (Wildman–Crippen MR) is 125 cm³/mol. The van der Waals surface area contributed by atoms with Crippen LogP contribution in [0.4, 0.5) is 10.6 Å². The molecular weight excluding hydrogens is 452 g/mol. The smallest absolute Gasteiger partial charge is 0.407 e. The summed E-state index contributed by atoms with van der Waals surface area (Å²) in [7, 11) is 1.53. The van der Waals surface area contributed by atoms with Crippen LogP contribution in [0, 0.1) is 5.92 Å². The summed E-state index contributed by atoms with van der Waals surface area (Å²) in [5.41, 5.74) is 4.32. The number of benzene rings is 2. The first-order chi connectivity index (χ1) is 16.9. The molecule has 3 aromatic rings. The molecule has 0 saturated carbocycles. The Kier molecular flexibility index (Phi) is 5.96. The third-order valence-electron chi connectivity index (χ3n) is 6.41. The maximum atomic E-state index is 12.8. The molecule has 1 aliphatic heterocycles. The van der Waals surface area contributed by atoms with Crippen molar-refractivity contribution in [1.29, 1.82) is 0 Å². The van der Waals surface area contributed by atoms with Gasteiger partial charge in [0.15, 0.2) is 5.69 Å². The first-order valence-corrected chi connectivity index (χ1v) is 11.2. The van der Waals surface area contributed by atoms with Crippen LogP contribution in [0.25, 0.3) is 11.1 Å². The van der Waals surface area contributed by atoms with Crippen LogP contribution in [0.2, 0.25) is 0 Å². The number of hydrogen-bond donors (Lipinski definition) is 3. The fourth-order valence-corrected chi connectivity index (χ4v) is 4.65. The number of nitrogens with zero attached hydrogens (tertiary/aromatic N) is 2. The van der Waals surface area contributed by atoms with Gasteiger partial charge < -0.3 is 25.2 Å². The fourth-order valence-electron chi connectivity index (χ4n) is 4.65. The lowest BCUT2D eigenvalue weighted by Gasteiger charge is -2.20. The van der Waals surface area contributed by atoms with Gasteiger partial charge in [-0.25, -0.2) is 9.59 Å². The average molecular weight is 476 g/mol. The summed E-state index contributed by atoms with van der Waals surface area (Å²) in [6, 6.07) is 16.8. The summed E-state index contributed by atoms with van der Waals surface area (Å²) in [4.78, 5) is 36.6. The number of rotatable bonds is 6. The van der Waals surface area contributed by atoms with E-state index in [-0.39, 0.29) is 37.3 Å². The highest BCUT2D eigenvalue weighted by Gasteiger charge is 2.36. The number of carbonyl (C=O) groups is 3. The van der Waals surface area contributed by atoms with Crippen LogP contribution in [-0.2, 0) is 21.3 Å². The van der Waals surface area contributed by atoms with Crippen molar-refractivity contribution in [3.05, 3.63) is 71.4 Å². The minimum atomic E-state index is -1.19. The highest BCUT2D eigenvalue weighted by molar-refractivity contribution is 5.94. The molecule has 180 valence electrons. The lowest BCUT2D eigenvalue weighted by Crippen LogP contribution is -2.44. The summed E-state index contributed by atoms with van der Waals surface area (Å²) in [5.74, 6) is -2.11. The van der Waals surface area contributed by atoms with E-state index in [4.69, 9.17) is 14.6 Å². The second kappa shape index (κ2) is 9.22. The predicted octanol–water partition coefficient (Wildman–Crippen LogP) is 2.61. The molecule has 3 N–H and O–H groups in total. The Morgan fingerprint density at radius 3 is 2.37 bits per heavy atom. The highest BCUT2D eigenvalue weighted by atomic mass is 16.5. The number of anilines is 1. The maximum absolute atomic E-state index is 12.8. The van der Waals surface area contributed by atoms with Crippen molar-refractivity contribution < 1.29 is 29.0 Å². The Morgan fingerprint density at radius 1 is 1.09 bits per heavy atom. The number of hydrogen-bond acceptors (Lipinski definition) is 6. The molecule has 10 heteroatoms. The van der Waals surface area contributed by atoms with Crippen LogP contribution in [0.1, 0.15) is 27.5 Å². The monoisotopic (exact) mass is 476 g/mol. The lowest BCUT2D eigenvalue weighted by atomic mass is 9.98. The molecule has 10 nitrogen and oxygen atoms in total. The van der Waals surface area contributed by atoms with Crippen LogP contribution < -0.4 is 10.6 Å². The van der Waals surface area contributed by atoms with Crippen molar-refractivity contribution >= 4 is 23.8 Å². The van der Waals surface area contributed by atoms with E-state index in [1.165, 1.54) is 17.8 Å². The van der Waals surface area contributed by atoms with Gasteiger partial charge >= 0.3 is 12.1 Å². The number of aryl methyl sites for hydroxylation is 1. The largest absolute Gasteiger partial charge is 0.476 e. The number of carboxylic acid groups (broad SMARTS) is 1. The van der Waals surface area contributed by atoms with Crippen LogP contribution >= 0.6 is 0 Å². The quantitative estimate of drug-likeness (QED) is 0.498. The van der Waals surface area contributed by atoms with Crippen molar-refractivity contribution in [3.8, 4) is 11.1 Å². The molecule has 2 aliphatic rings. The number of fused-ring (bicyclic) bond motifs is 3. The van der Waals surface area contributed by atoms with Gasteiger partial charge in [0.2, 0.25) is 5.91 Å². The fraction of sp³-hybridized carbons (Fsp3) is 0.280. The standard InChI is InChI=1S/C25H24N4O6/c1-29-22(10-20(28-29)24(31)32)27-23(30)19-11-34-13-21(19)26-25(33)35-12-18-16-8-4-2-6-14(16)15-7-3-5-9-17(15)18/h2-10,18-19,21H,11-13H2,1H3,(H,26,33)(H,27,30)(H,31,32). The van der Waals surface area contributed by atoms with Crippen molar-refractivity contribution in [1.82, 2.24) is 15.1 Å². The van der Waals surface area contributed by atoms with E-state index >= 15 is 0 Å². The summed E-state index contributed by atoms with van der Waals surface area (Å²) >= 11 is 0. The molecule has 2 aromatic carbocycles. The van der Waals surface area contributed by atoms with Gasteiger partial charge in [-0.3, -0.25) is 9.48 Å². The molecule has 2 amide bonds. The molecular formula is C25H24N4O6. The molecule has 1 fully saturated rings. The number of nitrogens with one attached hydrogen (secondary N) is 2. The molecule has 35 heavy (non-hydrogen) atoms. The van der Waals surface area contributed by atoms with Gasteiger partial charge in [0.25, 0.3) is 0 Å². The third kappa shape index (κ3) is 4.35. The van der Waals surface area contributed by atoms with E-state index in [0.717, 1.165) is 22.3 Å². The lowest BCUT2D eigenvalue weighted by molar-refractivity contribution is -0.120. The summed E-state index contributed by atoms with van der Waals surface area (Å²) in [6.07, 6.45) is -0.631. The summed E-state index contributed by atoms with van der Waals surface area (Å²) in [6.45, 7) is 0.440. The number of ether oxygens (including phenoxy) is 2. The SMILES string of the molecule is Cn1nc(C(=O)O)cc1NC(=O)C1COCC1NC(=O)OCC1c2ccccc2-c2ccccc21. The maximum Gasteiger partial charge on any atom is 0.407 e. The third-order valence-corrected chi connectivity index (χ3v) is 6.41. The average Bonchev–Trinajstić information content (AvgIpc) is 3.54. The Hall–Kier alpha value is -4.18. The van der Waals surface area contributed by atoms with Crippen LogP contribution in [0.5, 0.6) is 0 Å². The normalized spacial score (nSPS) is 18.5. The number of aromatic nitrogens is 2. The molecule has 2 atom stereocenters. The molecule has 0 bridgehead atoms. The van der Waals surface area contributed by atoms with Gasteiger partial charge in [0.1, 0.15) is 12.4 Å². The molecule has 2 heterocycles. The molecule has 5 rings (SSSR count). The van der Waals surface area contributed by atoms with Gasteiger partial charge in [-0.1, -0.05) is 48.5 Å². The minimum Gasteiger partial charge on any atom is -0.476 e.